The van der Waals surface area contributed by atoms with Crippen molar-refractivity contribution in [1.82, 2.24) is 10.6 Å². The number of rotatable bonds is 6. The van der Waals surface area contributed by atoms with E-state index in [1.807, 2.05) is 0 Å². The number of amides is 1. The number of carbonyl (C=O) groups is 1. The first-order chi connectivity index (χ1) is 11.3. The molecule has 124 valence electrons. The molecule has 0 aromatic heterocycles. The fourth-order valence-electron chi connectivity index (χ4n) is 2.91. The van der Waals surface area contributed by atoms with Gasteiger partial charge in [0.05, 0.1) is 0 Å². The number of fused-ring (bicyclic) bond motifs is 1. The van der Waals surface area contributed by atoms with Crippen molar-refractivity contribution in [3.8, 4) is 0 Å². The maximum atomic E-state index is 11.7. The fourth-order valence-corrected chi connectivity index (χ4v) is 2.91. The molecule has 5 heteroatoms. The Hall–Kier alpha value is -2.04. The molecule has 2 aliphatic rings. The van der Waals surface area contributed by atoms with Crippen molar-refractivity contribution in [2.75, 3.05) is 24.5 Å². The number of hydrogen-bond acceptors (Lipinski definition) is 2. The monoisotopic (exact) mass is 314 g/mol. The van der Waals surface area contributed by atoms with Crippen LogP contribution in [0.15, 0.2) is 29.3 Å². The average Bonchev–Trinajstić information content (AvgIpc) is 3.26. The molecule has 3 rings (SSSR count). The van der Waals surface area contributed by atoms with Crippen LogP contribution in [0.2, 0.25) is 0 Å². The highest BCUT2D eigenvalue weighted by molar-refractivity contribution is 5.98. The van der Waals surface area contributed by atoms with Crippen LogP contribution in [0.25, 0.3) is 0 Å². The third-order valence-corrected chi connectivity index (χ3v) is 4.24. The SMILES string of the molecule is CCNC(=NCCCC(=O)NC1CC1)N1CCc2ccccc21. The number of aliphatic imine (C=N–C) groups is 1. The lowest BCUT2D eigenvalue weighted by atomic mass is 10.2. The molecule has 1 aromatic carbocycles. The van der Waals surface area contributed by atoms with Crippen LogP contribution < -0.4 is 15.5 Å². The van der Waals surface area contributed by atoms with Crippen molar-refractivity contribution < 1.29 is 4.79 Å². The molecule has 1 fully saturated rings. The van der Waals surface area contributed by atoms with Crippen molar-refractivity contribution in [2.24, 2.45) is 4.99 Å². The predicted molar refractivity (Wildman–Crippen MR) is 93.9 cm³/mol. The maximum Gasteiger partial charge on any atom is 0.220 e. The van der Waals surface area contributed by atoms with Crippen molar-refractivity contribution >= 4 is 17.6 Å². The summed E-state index contributed by atoms with van der Waals surface area (Å²) in [5.41, 5.74) is 2.63. The van der Waals surface area contributed by atoms with E-state index >= 15 is 0 Å². The number of carbonyl (C=O) groups excluding carboxylic acids is 1. The lowest BCUT2D eigenvalue weighted by Crippen LogP contribution is -2.40. The van der Waals surface area contributed by atoms with Crippen molar-refractivity contribution in [1.29, 1.82) is 0 Å². The Kier molecular flexibility index (Phi) is 5.16. The summed E-state index contributed by atoms with van der Waals surface area (Å²) in [5, 5.41) is 6.39. The van der Waals surface area contributed by atoms with E-state index in [4.69, 9.17) is 4.99 Å². The number of para-hydroxylation sites is 1. The lowest BCUT2D eigenvalue weighted by molar-refractivity contribution is -0.121. The van der Waals surface area contributed by atoms with Gasteiger partial charge in [-0.05, 0) is 44.2 Å². The van der Waals surface area contributed by atoms with E-state index < -0.39 is 0 Å². The molecule has 0 saturated heterocycles. The minimum atomic E-state index is 0.166. The first-order valence-electron chi connectivity index (χ1n) is 8.71. The molecule has 1 aromatic rings. The second-order valence-electron chi connectivity index (χ2n) is 6.21. The van der Waals surface area contributed by atoms with Crippen molar-refractivity contribution in [3.63, 3.8) is 0 Å². The smallest absolute Gasteiger partial charge is 0.220 e. The number of hydrogen-bond donors (Lipinski definition) is 2. The second kappa shape index (κ2) is 7.49. The van der Waals surface area contributed by atoms with Crippen LogP contribution in [0.1, 0.15) is 38.2 Å². The van der Waals surface area contributed by atoms with Crippen LogP contribution in [0.4, 0.5) is 5.69 Å². The molecule has 23 heavy (non-hydrogen) atoms. The van der Waals surface area contributed by atoms with E-state index in [0.29, 0.717) is 19.0 Å². The summed E-state index contributed by atoms with van der Waals surface area (Å²) in [7, 11) is 0. The molecule has 0 radical (unpaired) electrons. The fraction of sp³-hybridized carbons (Fsp3) is 0.556. The Balaban J connectivity index is 1.54. The van der Waals surface area contributed by atoms with Crippen LogP contribution in [0, 0.1) is 0 Å². The molecule has 2 N–H and O–H groups in total. The van der Waals surface area contributed by atoms with Gasteiger partial charge in [0.25, 0.3) is 0 Å². The van der Waals surface area contributed by atoms with Crippen molar-refractivity contribution in [2.45, 2.75) is 45.1 Å². The Morgan fingerprint density at radius 2 is 2.17 bits per heavy atom. The predicted octanol–water partition coefficient (Wildman–Crippen LogP) is 2.07. The molecule has 0 bridgehead atoms. The number of nitrogens with zero attached hydrogens (tertiary/aromatic N) is 2. The second-order valence-corrected chi connectivity index (χ2v) is 6.21. The van der Waals surface area contributed by atoms with Crippen LogP contribution in [0.5, 0.6) is 0 Å². The Labute approximate surface area is 138 Å². The first-order valence-corrected chi connectivity index (χ1v) is 8.71. The third-order valence-electron chi connectivity index (χ3n) is 4.24. The highest BCUT2D eigenvalue weighted by Gasteiger charge is 2.23. The van der Waals surface area contributed by atoms with Gasteiger partial charge in [0, 0.05) is 37.8 Å². The number of anilines is 1. The molecule has 1 aliphatic heterocycles. The molecule has 1 saturated carbocycles. The van der Waals surface area contributed by atoms with Gasteiger partial charge in [0.2, 0.25) is 5.91 Å². The van der Waals surface area contributed by atoms with E-state index in [9.17, 15) is 4.79 Å². The minimum absolute atomic E-state index is 0.166. The van der Waals surface area contributed by atoms with Crippen LogP contribution in [-0.4, -0.2) is 37.5 Å². The highest BCUT2D eigenvalue weighted by atomic mass is 16.1. The van der Waals surface area contributed by atoms with Gasteiger partial charge < -0.3 is 15.5 Å². The number of nitrogens with one attached hydrogen (secondary N) is 2. The molecule has 0 unspecified atom stereocenters. The van der Waals surface area contributed by atoms with Gasteiger partial charge in [-0.2, -0.15) is 0 Å². The highest BCUT2D eigenvalue weighted by Crippen LogP contribution is 2.27. The lowest BCUT2D eigenvalue weighted by Gasteiger charge is -2.22. The normalized spacial score (nSPS) is 17.1. The maximum absolute atomic E-state index is 11.7. The summed E-state index contributed by atoms with van der Waals surface area (Å²) in [6.07, 6.45) is 4.70. The topological polar surface area (TPSA) is 56.7 Å². The summed E-state index contributed by atoms with van der Waals surface area (Å²) in [4.78, 5) is 18.7. The zero-order valence-electron chi connectivity index (χ0n) is 13.8. The van der Waals surface area contributed by atoms with Crippen LogP contribution in [-0.2, 0) is 11.2 Å². The number of benzene rings is 1. The zero-order chi connectivity index (χ0) is 16.1. The minimum Gasteiger partial charge on any atom is -0.356 e. The summed E-state index contributed by atoms with van der Waals surface area (Å²) >= 11 is 0. The molecular weight excluding hydrogens is 288 g/mol. The summed E-state index contributed by atoms with van der Waals surface area (Å²) in [5.74, 6) is 1.10. The molecule has 1 heterocycles. The van der Waals surface area contributed by atoms with E-state index in [1.165, 1.54) is 11.3 Å². The average molecular weight is 314 g/mol. The van der Waals surface area contributed by atoms with Gasteiger partial charge in [-0.25, -0.2) is 0 Å². The molecular formula is C18H26N4O. The van der Waals surface area contributed by atoms with E-state index in [0.717, 1.165) is 44.7 Å². The Bertz CT molecular complexity index is 580. The zero-order valence-corrected chi connectivity index (χ0v) is 13.8. The third kappa shape index (κ3) is 4.24. The standard InChI is InChI=1S/C18H26N4O/c1-2-19-18(20-12-5-8-17(23)21-15-9-10-15)22-13-11-14-6-3-4-7-16(14)22/h3-4,6-7,15H,2,5,8-13H2,1H3,(H,19,20)(H,21,23). The summed E-state index contributed by atoms with van der Waals surface area (Å²) < 4.78 is 0. The quantitative estimate of drug-likeness (QED) is 0.480. The summed E-state index contributed by atoms with van der Waals surface area (Å²) in [6.45, 7) is 4.58. The molecule has 1 aliphatic carbocycles. The largest absolute Gasteiger partial charge is 0.356 e. The van der Waals surface area contributed by atoms with Crippen molar-refractivity contribution in [3.05, 3.63) is 29.8 Å². The van der Waals surface area contributed by atoms with Gasteiger partial charge in [0.15, 0.2) is 5.96 Å². The van der Waals surface area contributed by atoms with E-state index in [1.54, 1.807) is 0 Å². The first kappa shape index (κ1) is 15.8. The molecule has 0 spiro atoms. The van der Waals surface area contributed by atoms with E-state index in [-0.39, 0.29) is 5.91 Å². The van der Waals surface area contributed by atoms with Gasteiger partial charge in [-0.3, -0.25) is 9.79 Å². The van der Waals surface area contributed by atoms with Gasteiger partial charge in [-0.1, -0.05) is 18.2 Å². The Morgan fingerprint density at radius 1 is 1.35 bits per heavy atom. The van der Waals surface area contributed by atoms with E-state index in [2.05, 4.69) is 46.7 Å². The molecule has 5 nitrogen and oxygen atoms in total. The van der Waals surface area contributed by atoms with Crippen LogP contribution >= 0.6 is 0 Å². The van der Waals surface area contributed by atoms with Crippen LogP contribution in [0.3, 0.4) is 0 Å². The van der Waals surface area contributed by atoms with Gasteiger partial charge >= 0.3 is 0 Å². The molecule has 0 atom stereocenters. The number of guanidine groups is 1. The molecule has 1 amide bonds. The summed E-state index contributed by atoms with van der Waals surface area (Å²) in [6, 6.07) is 8.94. The van der Waals surface area contributed by atoms with Gasteiger partial charge in [0.1, 0.15) is 0 Å². The Morgan fingerprint density at radius 3 is 2.96 bits per heavy atom. The van der Waals surface area contributed by atoms with Gasteiger partial charge in [-0.15, -0.1) is 0 Å².